The monoisotopic (exact) mass is 553 g/mol. The van der Waals surface area contributed by atoms with Crippen molar-refractivity contribution >= 4 is 46.9 Å². The maximum Gasteiger partial charge on any atom is 0.272 e. The van der Waals surface area contributed by atoms with Gasteiger partial charge >= 0.3 is 0 Å². The summed E-state index contributed by atoms with van der Waals surface area (Å²) in [6.45, 7) is 5.92. The molecular weight excluding hydrogens is 522 g/mol. The molecule has 4 rings (SSSR count). The summed E-state index contributed by atoms with van der Waals surface area (Å²) in [6, 6.07) is 25.2. The number of nitrogens with one attached hydrogen (secondary N) is 3. The minimum Gasteiger partial charge on any atom is -0.465 e. The van der Waals surface area contributed by atoms with Crippen LogP contribution >= 0.6 is 11.8 Å². The second kappa shape index (κ2) is 13.5. The van der Waals surface area contributed by atoms with E-state index in [2.05, 4.69) is 22.9 Å². The maximum atomic E-state index is 13.1. The molecule has 1 heterocycles. The van der Waals surface area contributed by atoms with Crippen LogP contribution in [0.1, 0.15) is 41.1 Å². The van der Waals surface area contributed by atoms with Gasteiger partial charge in [0, 0.05) is 27.9 Å². The average Bonchev–Trinajstić information content (AvgIpc) is 3.48. The van der Waals surface area contributed by atoms with Crippen molar-refractivity contribution in [2.45, 2.75) is 37.3 Å². The van der Waals surface area contributed by atoms with Crippen molar-refractivity contribution in [1.29, 1.82) is 0 Å². The van der Waals surface area contributed by atoms with E-state index in [1.54, 1.807) is 48.5 Å². The Morgan fingerprint density at radius 2 is 1.65 bits per heavy atom. The summed E-state index contributed by atoms with van der Waals surface area (Å²) < 4.78 is 5.34. The zero-order chi connectivity index (χ0) is 28.5. The Bertz CT molecular complexity index is 1500. The van der Waals surface area contributed by atoms with Gasteiger partial charge < -0.3 is 20.4 Å². The van der Waals surface area contributed by atoms with Gasteiger partial charge in [-0.1, -0.05) is 43.3 Å². The van der Waals surface area contributed by atoms with Crippen LogP contribution in [0.15, 0.2) is 106 Å². The standard InChI is InChI=1S/C32H31N3O4S/c1-4-23-13-8-10-21(2)29(23)35-30(36)22(3)40-27-17-15-25(16-18-27)33-32(38)28(20-26-14-9-19-39-26)34-31(37)24-11-6-5-7-12-24/h5-20,22H,4H2,1-3H3,(H,33,38)(H,34,37)(H,35,36)/b28-20-. The zero-order valence-electron chi connectivity index (χ0n) is 22.6. The van der Waals surface area contributed by atoms with E-state index in [0.717, 1.165) is 28.1 Å². The molecule has 1 unspecified atom stereocenters. The first-order valence-electron chi connectivity index (χ1n) is 12.9. The van der Waals surface area contributed by atoms with Crippen molar-refractivity contribution in [2.75, 3.05) is 10.6 Å². The van der Waals surface area contributed by atoms with Crippen molar-refractivity contribution < 1.29 is 18.8 Å². The molecule has 3 aromatic carbocycles. The lowest BCUT2D eigenvalue weighted by Gasteiger charge is -2.16. The molecule has 1 aromatic heterocycles. The van der Waals surface area contributed by atoms with E-state index in [0.29, 0.717) is 17.0 Å². The van der Waals surface area contributed by atoms with Crippen LogP contribution < -0.4 is 16.0 Å². The highest BCUT2D eigenvalue weighted by atomic mass is 32.2. The number of furan rings is 1. The highest BCUT2D eigenvalue weighted by Crippen LogP contribution is 2.27. The largest absolute Gasteiger partial charge is 0.465 e. The Hall–Kier alpha value is -4.56. The van der Waals surface area contributed by atoms with Gasteiger partial charge in [-0.2, -0.15) is 0 Å². The molecule has 204 valence electrons. The number of thioether (sulfide) groups is 1. The fourth-order valence-corrected chi connectivity index (χ4v) is 4.83. The molecule has 0 aliphatic carbocycles. The minimum absolute atomic E-state index is 0.0372. The summed E-state index contributed by atoms with van der Waals surface area (Å²) in [6.07, 6.45) is 3.79. The second-order valence-electron chi connectivity index (χ2n) is 9.08. The molecule has 40 heavy (non-hydrogen) atoms. The van der Waals surface area contributed by atoms with Crippen molar-refractivity contribution in [1.82, 2.24) is 5.32 Å². The molecule has 0 spiro atoms. The van der Waals surface area contributed by atoms with Gasteiger partial charge in [-0.3, -0.25) is 14.4 Å². The summed E-state index contributed by atoms with van der Waals surface area (Å²) in [5.41, 5.74) is 4.01. The number of para-hydroxylation sites is 1. The maximum absolute atomic E-state index is 13.1. The van der Waals surface area contributed by atoms with Gasteiger partial charge in [-0.15, -0.1) is 11.8 Å². The molecule has 7 nitrogen and oxygen atoms in total. The fraction of sp³-hybridized carbons (Fsp3) is 0.156. The van der Waals surface area contributed by atoms with E-state index in [9.17, 15) is 14.4 Å². The minimum atomic E-state index is -0.501. The van der Waals surface area contributed by atoms with E-state index >= 15 is 0 Å². The molecule has 4 aromatic rings. The second-order valence-corrected chi connectivity index (χ2v) is 10.5. The Morgan fingerprint density at radius 1 is 0.900 bits per heavy atom. The summed E-state index contributed by atoms with van der Waals surface area (Å²) in [4.78, 5) is 39.6. The van der Waals surface area contributed by atoms with Crippen LogP contribution in [-0.4, -0.2) is 23.0 Å². The van der Waals surface area contributed by atoms with Crippen LogP contribution in [0.5, 0.6) is 0 Å². The normalized spacial score (nSPS) is 11.9. The Kier molecular flexibility index (Phi) is 9.59. The smallest absolute Gasteiger partial charge is 0.272 e. The molecule has 0 aliphatic heterocycles. The summed E-state index contributed by atoms with van der Waals surface area (Å²) in [7, 11) is 0. The highest BCUT2D eigenvalue weighted by Gasteiger charge is 2.18. The average molecular weight is 554 g/mol. The lowest BCUT2D eigenvalue weighted by atomic mass is 10.1. The molecule has 0 saturated carbocycles. The van der Waals surface area contributed by atoms with Crippen LogP contribution in [0, 0.1) is 6.92 Å². The fourth-order valence-electron chi connectivity index (χ4n) is 3.96. The number of carbonyl (C=O) groups is 3. The van der Waals surface area contributed by atoms with Gasteiger partial charge in [0.1, 0.15) is 11.5 Å². The molecule has 0 bridgehead atoms. The third-order valence-corrected chi connectivity index (χ3v) is 7.25. The highest BCUT2D eigenvalue weighted by molar-refractivity contribution is 8.00. The zero-order valence-corrected chi connectivity index (χ0v) is 23.4. The number of carbonyl (C=O) groups excluding carboxylic acids is 3. The predicted molar refractivity (Wildman–Crippen MR) is 160 cm³/mol. The molecule has 0 aliphatic rings. The van der Waals surface area contributed by atoms with Crippen molar-refractivity contribution in [3.8, 4) is 0 Å². The van der Waals surface area contributed by atoms with E-state index in [-0.39, 0.29) is 16.9 Å². The molecule has 0 saturated heterocycles. The predicted octanol–water partition coefficient (Wildman–Crippen LogP) is 6.68. The van der Waals surface area contributed by atoms with Crippen LogP contribution in [0.3, 0.4) is 0 Å². The summed E-state index contributed by atoms with van der Waals surface area (Å²) in [5.74, 6) is -0.564. The van der Waals surface area contributed by atoms with Crippen molar-refractivity contribution in [3.63, 3.8) is 0 Å². The molecular formula is C32H31N3O4S. The number of aryl methyl sites for hydroxylation is 2. The SMILES string of the molecule is CCc1cccc(C)c1NC(=O)C(C)Sc1ccc(NC(=O)/C(=C/c2ccco2)NC(=O)c2ccccc2)cc1. The summed E-state index contributed by atoms with van der Waals surface area (Å²) in [5, 5.41) is 8.24. The first-order chi connectivity index (χ1) is 19.3. The number of benzene rings is 3. The van der Waals surface area contributed by atoms with E-state index in [4.69, 9.17) is 4.42 Å². The van der Waals surface area contributed by atoms with Crippen molar-refractivity contribution in [3.05, 3.63) is 119 Å². The van der Waals surface area contributed by atoms with Crippen LogP contribution in [-0.2, 0) is 16.0 Å². The third kappa shape index (κ3) is 7.51. The van der Waals surface area contributed by atoms with Gasteiger partial charge in [0.25, 0.3) is 11.8 Å². The lowest BCUT2D eigenvalue weighted by molar-refractivity contribution is -0.115. The molecule has 0 fully saturated rings. The topological polar surface area (TPSA) is 100 Å². The number of hydrogen-bond acceptors (Lipinski definition) is 5. The van der Waals surface area contributed by atoms with Gasteiger partial charge in [0.15, 0.2) is 0 Å². The van der Waals surface area contributed by atoms with E-state index in [1.807, 2.05) is 50.2 Å². The Morgan fingerprint density at radius 3 is 2.33 bits per heavy atom. The molecule has 0 radical (unpaired) electrons. The Labute approximate surface area is 238 Å². The van der Waals surface area contributed by atoms with E-state index in [1.165, 1.54) is 24.1 Å². The number of anilines is 2. The first kappa shape index (κ1) is 28.4. The molecule has 3 N–H and O–H groups in total. The van der Waals surface area contributed by atoms with Gasteiger partial charge in [0.05, 0.1) is 11.5 Å². The number of amides is 3. The first-order valence-corrected chi connectivity index (χ1v) is 13.8. The molecule has 3 amide bonds. The lowest BCUT2D eigenvalue weighted by Crippen LogP contribution is -2.30. The van der Waals surface area contributed by atoms with Crippen LogP contribution in [0.25, 0.3) is 6.08 Å². The van der Waals surface area contributed by atoms with Gasteiger partial charge in [-0.05, 0) is 79.9 Å². The van der Waals surface area contributed by atoms with Gasteiger partial charge in [-0.25, -0.2) is 0 Å². The third-order valence-electron chi connectivity index (χ3n) is 6.14. The quantitative estimate of drug-likeness (QED) is 0.150. The molecule has 8 heteroatoms. The van der Waals surface area contributed by atoms with E-state index < -0.39 is 11.8 Å². The molecule has 1 atom stereocenters. The number of rotatable bonds is 10. The Balaban J connectivity index is 1.40. The van der Waals surface area contributed by atoms with Crippen molar-refractivity contribution in [2.24, 2.45) is 0 Å². The van der Waals surface area contributed by atoms with Crippen LogP contribution in [0.2, 0.25) is 0 Å². The van der Waals surface area contributed by atoms with Crippen LogP contribution in [0.4, 0.5) is 11.4 Å². The summed E-state index contributed by atoms with van der Waals surface area (Å²) >= 11 is 1.43. The number of hydrogen-bond donors (Lipinski definition) is 3. The van der Waals surface area contributed by atoms with Gasteiger partial charge in [0.2, 0.25) is 5.91 Å².